The molecule has 0 fully saturated rings. The molecule has 3 rings (SSSR count). The molecule has 0 amide bonds. The zero-order valence-corrected chi connectivity index (χ0v) is 20.5. The van der Waals surface area contributed by atoms with Crippen molar-refractivity contribution < 1.29 is 38.2 Å². The first-order valence-corrected chi connectivity index (χ1v) is 12.7. The van der Waals surface area contributed by atoms with Crippen molar-refractivity contribution >= 4 is 15.8 Å². The van der Waals surface area contributed by atoms with Crippen LogP contribution in [-0.2, 0) is 24.3 Å². The van der Waals surface area contributed by atoms with Crippen molar-refractivity contribution in [1.29, 1.82) is 0 Å². The van der Waals surface area contributed by atoms with Gasteiger partial charge in [-0.25, -0.2) is 8.42 Å². The highest BCUT2D eigenvalue weighted by molar-refractivity contribution is 7.90. The molecular formula is C23H23N3O10S. The van der Waals surface area contributed by atoms with Gasteiger partial charge in [0.2, 0.25) is 0 Å². The Morgan fingerprint density at radius 1 is 1.05 bits per heavy atom. The average Bonchev–Trinajstić information content (AvgIpc) is 3.17. The zero-order chi connectivity index (χ0) is 27.3. The summed E-state index contributed by atoms with van der Waals surface area (Å²) in [5.41, 5.74) is 2.60. The molecule has 0 saturated heterocycles. The number of sulfone groups is 1. The van der Waals surface area contributed by atoms with Crippen LogP contribution in [0.3, 0.4) is 0 Å². The van der Waals surface area contributed by atoms with Crippen LogP contribution in [0.5, 0.6) is 0 Å². The first kappa shape index (κ1) is 27.1. The average molecular weight is 534 g/mol. The summed E-state index contributed by atoms with van der Waals surface area (Å²) in [5, 5.41) is 29.2. The van der Waals surface area contributed by atoms with Gasteiger partial charge in [0.15, 0.2) is 9.84 Å². The third-order valence-electron chi connectivity index (χ3n) is 5.65. The maximum atomic E-state index is 12.3. The third kappa shape index (κ3) is 6.61. The molecule has 3 aromatic rings. The van der Waals surface area contributed by atoms with Gasteiger partial charge in [-0.2, -0.15) is 0 Å². The highest BCUT2D eigenvalue weighted by Gasteiger charge is 2.31. The van der Waals surface area contributed by atoms with E-state index in [0.717, 1.165) is 6.26 Å². The van der Waals surface area contributed by atoms with E-state index in [4.69, 9.17) is 0 Å². The molecule has 196 valence electrons. The fourth-order valence-electron chi connectivity index (χ4n) is 4.00. The predicted molar refractivity (Wildman–Crippen MR) is 129 cm³/mol. The Labute approximate surface area is 211 Å². The smallest absolute Gasteiger partial charge is 0.311 e. The molecule has 0 bridgehead atoms. The van der Waals surface area contributed by atoms with Crippen LogP contribution in [0, 0.1) is 27.2 Å². The van der Waals surface area contributed by atoms with Gasteiger partial charge >= 0.3 is 5.97 Å². The second-order valence-electron chi connectivity index (χ2n) is 8.13. The lowest BCUT2D eigenvalue weighted by atomic mass is 9.93. The van der Waals surface area contributed by atoms with E-state index in [1.165, 1.54) is 12.1 Å². The molecule has 1 heterocycles. The lowest BCUT2D eigenvalue weighted by Gasteiger charge is -2.19. The highest BCUT2D eigenvalue weighted by atomic mass is 32.2. The molecule has 37 heavy (non-hydrogen) atoms. The van der Waals surface area contributed by atoms with Crippen LogP contribution in [0.25, 0.3) is 16.9 Å². The minimum atomic E-state index is -3.44. The number of carboxylic acids is 1. The van der Waals surface area contributed by atoms with Crippen molar-refractivity contribution in [2.75, 3.05) is 12.9 Å². The Morgan fingerprint density at radius 2 is 1.68 bits per heavy atom. The van der Waals surface area contributed by atoms with E-state index in [-0.39, 0.29) is 10.5 Å². The number of para-hydroxylation sites is 1. The van der Waals surface area contributed by atoms with Gasteiger partial charge < -0.3 is 19.3 Å². The van der Waals surface area contributed by atoms with Crippen molar-refractivity contribution in [3.05, 3.63) is 92.1 Å². The quantitative estimate of drug-likeness (QED) is 0.268. The van der Waals surface area contributed by atoms with Crippen LogP contribution in [0.4, 0.5) is 0 Å². The first-order valence-electron chi connectivity index (χ1n) is 10.8. The van der Waals surface area contributed by atoms with E-state index in [0.29, 0.717) is 22.6 Å². The second kappa shape index (κ2) is 11.1. The number of hydrogen-bond acceptors (Lipinski definition) is 9. The molecule has 2 atom stereocenters. The summed E-state index contributed by atoms with van der Waals surface area (Å²) in [5.74, 6) is -2.68. The molecule has 0 aliphatic carbocycles. The first-order chi connectivity index (χ1) is 17.4. The Balaban J connectivity index is 2.13. The van der Waals surface area contributed by atoms with Crippen LogP contribution in [0.1, 0.15) is 23.6 Å². The van der Waals surface area contributed by atoms with Crippen LogP contribution >= 0.6 is 0 Å². The minimum absolute atomic E-state index is 0.111. The maximum absolute atomic E-state index is 12.3. The van der Waals surface area contributed by atoms with Crippen LogP contribution in [0.2, 0.25) is 0 Å². The SMILES string of the molecule is Cc1c(C(C[C@@H](CO[N+](=O)[O-])O[N+](=O)[O-])C(=O)O)cc(-c2ccc(S(C)(=O)=O)cc2)n1-c1ccccc1. The largest absolute Gasteiger partial charge is 0.481 e. The Bertz CT molecular complexity index is 1400. The van der Waals surface area contributed by atoms with Gasteiger partial charge in [-0.05, 0) is 54.8 Å². The van der Waals surface area contributed by atoms with E-state index in [1.807, 2.05) is 0 Å². The fraction of sp³-hybridized carbons (Fsp3) is 0.261. The number of nitrogens with zero attached hydrogens (tertiary/aromatic N) is 3. The molecule has 1 aromatic heterocycles. The van der Waals surface area contributed by atoms with Gasteiger partial charge in [0.1, 0.15) is 12.7 Å². The molecule has 0 saturated carbocycles. The van der Waals surface area contributed by atoms with Gasteiger partial charge in [0.25, 0.3) is 10.2 Å². The van der Waals surface area contributed by atoms with Gasteiger partial charge in [-0.3, -0.25) is 4.79 Å². The third-order valence-corrected chi connectivity index (χ3v) is 6.78. The topological polar surface area (TPSA) is 181 Å². The molecular weight excluding hydrogens is 510 g/mol. The number of rotatable bonds is 12. The summed E-state index contributed by atoms with van der Waals surface area (Å²) in [7, 11) is -3.44. The summed E-state index contributed by atoms with van der Waals surface area (Å²) in [6.45, 7) is 0.833. The Morgan fingerprint density at radius 3 is 2.19 bits per heavy atom. The summed E-state index contributed by atoms with van der Waals surface area (Å²) < 4.78 is 25.5. The molecule has 0 aliphatic heterocycles. The van der Waals surface area contributed by atoms with Crippen molar-refractivity contribution in [2.24, 2.45) is 0 Å². The molecule has 1 N–H and O–H groups in total. The standard InChI is InChI=1S/C23H23N3O10S/c1-15-20(21(23(27)28)12-18(36-26(31)32)14-35-25(29)30)13-22(24(15)17-6-4-3-5-7-17)16-8-10-19(11-9-16)37(2,33)34/h3-11,13,18,21H,12,14H2,1-2H3,(H,27,28)/t18-,21?/m0/s1. The van der Waals surface area contributed by atoms with Gasteiger partial charge in [-0.15, -0.1) is 20.2 Å². The molecule has 0 radical (unpaired) electrons. The summed E-state index contributed by atoms with van der Waals surface area (Å²) in [6.07, 6.45) is -0.935. The summed E-state index contributed by atoms with van der Waals surface area (Å²) >= 11 is 0. The molecule has 14 heteroatoms. The maximum Gasteiger partial charge on any atom is 0.311 e. The Hall–Kier alpha value is -4.46. The lowest BCUT2D eigenvalue weighted by Crippen LogP contribution is -2.29. The van der Waals surface area contributed by atoms with Crippen LogP contribution in [0.15, 0.2) is 65.6 Å². The van der Waals surface area contributed by atoms with E-state index in [9.17, 15) is 38.5 Å². The summed E-state index contributed by atoms with van der Waals surface area (Å²) in [4.78, 5) is 42.5. The zero-order valence-electron chi connectivity index (χ0n) is 19.7. The minimum Gasteiger partial charge on any atom is -0.481 e. The number of carboxylic acid groups (broad SMARTS) is 1. The summed E-state index contributed by atoms with van der Waals surface area (Å²) in [6, 6.07) is 16.6. The second-order valence-corrected chi connectivity index (χ2v) is 10.2. The van der Waals surface area contributed by atoms with Crippen molar-refractivity contribution in [3.63, 3.8) is 0 Å². The normalized spacial score (nSPS) is 12.9. The van der Waals surface area contributed by atoms with E-state index in [1.54, 1.807) is 60.0 Å². The van der Waals surface area contributed by atoms with E-state index < -0.39 is 51.0 Å². The molecule has 1 unspecified atom stereocenters. The van der Waals surface area contributed by atoms with E-state index in [2.05, 4.69) is 9.68 Å². The fourth-order valence-corrected chi connectivity index (χ4v) is 4.64. The molecule has 0 aliphatic rings. The predicted octanol–water partition coefficient (Wildman–Crippen LogP) is 3.20. The van der Waals surface area contributed by atoms with Crippen LogP contribution in [-0.4, -0.2) is 53.2 Å². The van der Waals surface area contributed by atoms with Gasteiger partial charge in [-0.1, -0.05) is 30.3 Å². The number of hydrogen-bond donors (Lipinski definition) is 1. The van der Waals surface area contributed by atoms with E-state index >= 15 is 0 Å². The Kier molecular flexibility index (Phi) is 8.12. The number of aliphatic carboxylic acids is 1. The lowest BCUT2D eigenvalue weighted by molar-refractivity contribution is -0.790. The van der Waals surface area contributed by atoms with Crippen LogP contribution < -0.4 is 0 Å². The number of benzene rings is 2. The van der Waals surface area contributed by atoms with Gasteiger partial charge in [0.05, 0.1) is 16.5 Å². The monoisotopic (exact) mass is 533 g/mol. The highest BCUT2D eigenvalue weighted by Crippen LogP contribution is 2.35. The van der Waals surface area contributed by atoms with Crippen molar-refractivity contribution in [2.45, 2.75) is 30.3 Å². The van der Waals surface area contributed by atoms with Crippen molar-refractivity contribution in [1.82, 2.24) is 4.57 Å². The molecule has 2 aromatic carbocycles. The molecule has 13 nitrogen and oxygen atoms in total. The number of aromatic nitrogens is 1. The number of carbonyl (C=O) groups is 1. The van der Waals surface area contributed by atoms with Crippen molar-refractivity contribution in [3.8, 4) is 16.9 Å². The van der Waals surface area contributed by atoms with Gasteiger partial charge in [0, 0.05) is 17.6 Å². The molecule has 0 spiro atoms.